The van der Waals surface area contributed by atoms with Crippen LogP contribution in [0.15, 0.2) is 28.7 Å². The Hall–Kier alpha value is -2.00. The Balaban J connectivity index is 1.36. The minimum atomic E-state index is -0.0722. The third-order valence-corrected chi connectivity index (χ3v) is 6.96. The molecule has 2 fully saturated rings. The normalized spacial score (nSPS) is 19.9. The zero-order valence-electron chi connectivity index (χ0n) is 15.4. The molecule has 28 heavy (non-hydrogen) atoms. The zero-order valence-corrected chi connectivity index (χ0v) is 17.8. The smallest absolute Gasteiger partial charge is 0.228 e. The number of nitrogens with one attached hydrogen (secondary N) is 1. The zero-order chi connectivity index (χ0) is 19.5. The van der Waals surface area contributed by atoms with E-state index in [1.54, 1.807) is 4.90 Å². The highest BCUT2D eigenvalue weighted by atomic mass is 79.9. The van der Waals surface area contributed by atoms with Crippen LogP contribution in [0.1, 0.15) is 31.2 Å². The topological polar surface area (TPSA) is 78.4 Å². The molecule has 9 heteroatoms. The number of nitrogens with zero attached hydrogens (tertiary/aromatic N) is 4. The molecule has 1 N–H and O–H groups in total. The number of hydrogen-bond acceptors (Lipinski definition) is 6. The largest absolute Gasteiger partial charge is 0.352 e. The molecule has 4 rings (SSSR count). The first-order valence-electron chi connectivity index (χ1n) is 9.52. The molecule has 2 aliphatic rings. The Bertz CT molecular complexity index is 874. The van der Waals surface area contributed by atoms with Gasteiger partial charge in [0.15, 0.2) is 0 Å². The summed E-state index contributed by atoms with van der Waals surface area (Å²) in [5.41, 5.74) is 1.06. The number of aromatic nitrogens is 2. The summed E-state index contributed by atoms with van der Waals surface area (Å²) in [5.74, 6) is 0.114. The molecule has 0 spiro atoms. The Morgan fingerprint density at radius 1 is 1.21 bits per heavy atom. The van der Waals surface area contributed by atoms with Crippen LogP contribution in [0.5, 0.6) is 0 Å². The van der Waals surface area contributed by atoms with Crippen LogP contribution in [0.2, 0.25) is 0 Å². The summed E-state index contributed by atoms with van der Waals surface area (Å²) >= 11 is 4.95. The highest BCUT2D eigenvalue weighted by molar-refractivity contribution is 9.10. The second-order valence-electron chi connectivity index (χ2n) is 7.11. The van der Waals surface area contributed by atoms with Gasteiger partial charge >= 0.3 is 0 Å². The molecular formula is C19H22BrN5O2S. The number of carbonyl (C=O) groups excluding carboxylic acids is 2. The van der Waals surface area contributed by atoms with Gasteiger partial charge in [-0.15, -0.1) is 10.2 Å². The van der Waals surface area contributed by atoms with Gasteiger partial charge in [-0.25, -0.2) is 0 Å². The molecule has 2 amide bonds. The van der Waals surface area contributed by atoms with Crippen LogP contribution in [0.4, 0.5) is 10.3 Å². The van der Waals surface area contributed by atoms with Crippen LogP contribution < -0.4 is 15.1 Å². The Labute approximate surface area is 176 Å². The van der Waals surface area contributed by atoms with Crippen molar-refractivity contribution in [2.45, 2.75) is 32.2 Å². The molecule has 1 aromatic carbocycles. The van der Waals surface area contributed by atoms with E-state index in [2.05, 4.69) is 36.3 Å². The van der Waals surface area contributed by atoms with Crippen LogP contribution in [0.25, 0.3) is 0 Å². The molecule has 2 saturated heterocycles. The van der Waals surface area contributed by atoms with E-state index < -0.39 is 0 Å². The van der Waals surface area contributed by atoms with Gasteiger partial charge in [-0.2, -0.15) is 0 Å². The van der Waals surface area contributed by atoms with Gasteiger partial charge in [0.1, 0.15) is 0 Å². The third-order valence-electron chi connectivity index (χ3n) is 5.18. The number of anilines is 2. The van der Waals surface area contributed by atoms with Crippen molar-refractivity contribution in [1.82, 2.24) is 15.5 Å². The minimum Gasteiger partial charge on any atom is -0.352 e. The van der Waals surface area contributed by atoms with Crippen molar-refractivity contribution in [3.8, 4) is 0 Å². The van der Waals surface area contributed by atoms with Gasteiger partial charge in [0.25, 0.3) is 0 Å². The third kappa shape index (κ3) is 4.20. The fourth-order valence-electron chi connectivity index (χ4n) is 3.63. The lowest BCUT2D eigenvalue weighted by Gasteiger charge is -2.31. The number of amides is 2. The molecule has 1 aromatic heterocycles. The Morgan fingerprint density at radius 3 is 2.82 bits per heavy atom. The summed E-state index contributed by atoms with van der Waals surface area (Å²) in [5, 5.41) is 13.0. The van der Waals surface area contributed by atoms with E-state index in [1.165, 1.54) is 11.3 Å². The van der Waals surface area contributed by atoms with Crippen molar-refractivity contribution in [1.29, 1.82) is 0 Å². The molecular weight excluding hydrogens is 442 g/mol. The summed E-state index contributed by atoms with van der Waals surface area (Å²) in [6.45, 7) is 2.71. The van der Waals surface area contributed by atoms with Gasteiger partial charge in [0, 0.05) is 37.1 Å². The number of carbonyl (C=O) groups is 2. The highest BCUT2D eigenvalue weighted by Crippen LogP contribution is 2.32. The van der Waals surface area contributed by atoms with E-state index in [9.17, 15) is 9.59 Å². The fourth-order valence-corrected chi connectivity index (χ4v) is 4.98. The summed E-state index contributed by atoms with van der Waals surface area (Å²) in [6.07, 6.45) is 3.26. The number of piperidine rings is 1. The van der Waals surface area contributed by atoms with Gasteiger partial charge in [0.2, 0.25) is 22.1 Å². The molecule has 0 saturated carbocycles. The van der Waals surface area contributed by atoms with Crippen LogP contribution in [-0.4, -0.2) is 41.6 Å². The molecule has 1 atom stereocenters. The van der Waals surface area contributed by atoms with Crippen molar-refractivity contribution in [3.05, 3.63) is 34.3 Å². The molecule has 148 valence electrons. The van der Waals surface area contributed by atoms with E-state index in [0.717, 1.165) is 41.0 Å². The summed E-state index contributed by atoms with van der Waals surface area (Å²) in [7, 11) is 0. The first-order valence-corrected chi connectivity index (χ1v) is 11.1. The number of halogens is 1. The maximum absolute atomic E-state index is 12.7. The SMILES string of the molecule is O=C(NCc1ccccc1Br)[C@H]1CCCN(c2nnc(N3CCCC3=O)s2)C1. The van der Waals surface area contributed by atoms with Gasteiger partial charge in [-0.05, 0) is 30.9 Å². The van der Waals surface area contributed by atoms with Crippen molar-refractivity contribution in [3.63, 3.8) is 0 Å². The number of rotatable bonds is 5. The first kappa shape index (κ1) is 19.3. The van der Waals surface area contributed by atoms with E-state index in [0.29, 0.717) is 31.2 Å². The Kier molecular flexibility index (Phi) is 5.91. The second kappa shape index (κ2) is 8.57. The predicted octanol–water partition coefficient (Wildman–Crippen LogP) is 2.96. The first-order chi connectivity index (χ1) is 13.6. The standard InChI is InChI=1S/C19H22BrN5O2S/c20-15-7-2-1-5-13(15)11-21-17(27)14-6-3-9-24(12-14)18-22-23-19(28-18)25-10-4-8-16(25)26/h1-2,5,7,14H,3-4,6,8-12H2,(H,21,27)/t14-/m0/s1. The lowest BCUT2D eigenvalue weighted by molar-refractivity contribution is -0.125. The van der Waals surface area contributed by atoms with Crippen LogP contribution >= 0.6 is 27.3 Å². The summed E-state index contributed by atoms with van der Waals surface area (Å²) < 4.78 is 0.999. The van der Waals surface area contributed by atoms with E-state index in [4.69, 9.17) is 0 Å². The molecule has 0 aliphatic carbocycles. The van der Waals surface area contributed by atoms with E-state index in [1.807, 2.05) is 24.3 Å². The van der Waals surface area contributed by atoms with Gasteiger partial charge in [-0.1, -0.05) is 45.5 Å². The molecule has 0 bridgehead atoms. The van der Waals surface area contributed by atoms with Gasteiger partial charge in [-0.3, -0.25) is 14.5 Å². The van der Waals surface area contributed by atoms with E-state index in [-0.39, 0.29) is 17.7 Å². The average Bonchev–Trinajstić information content (AvgIpc) is 3.36. The molecule has 2 aromatic rings. The van der Waals surface area contributed by atoms with Gasteiger partial charge < -0.3 is 10.2 Å². The van der Waals surface area contributed by atoms with Gasteiger partial charge in [0.05, 0.1) is 5.92 Å². The minimum absolute atomic E-state index is 0.0694. The predicted molar refractivity (Wildman–Crippen MR) is 112 cm³/mol. The lowest BCUT2D eigenvalue weighted by atomic mass is 9.97. The van der Waals surface area contributed by atoms with Crippen LogP contribution in [0.3, 0.4) is 0 Å². The summed E-state index contributed by atoms with van der Waals surface area (Å²) in [6, 6.07) is 7.90. The second-order valence-corrected chi connectivity index (χ2v) is 8.90. The fraction of sp³-hybridized carbons (Fsp3) is 0.474. The van der Waals surface area contributed by atoms with Crippen molar-refractivity contribution in [2.24, 2.45) is 5.92 Å². The maximum atomic E-state index is 12.7. The number of benzene rings is 1. The quantitative estimate of drug-likeness (QED) is 0.737. The van der Waals surface area contributed by atoms with Crippen molar-refractivity contribution < 1.29 is 9.59 Å². The average molecular weight is 464 g/mol. The van der Waals surface area contributed by atoms with Crippen LogP contribution in [0, 0.1) is 5.92 Å². The number of hydrogen-bond donors (Lipinski definition) is 1. The van der Waals surface area contributed by atoms with E-state index >= 15 is 0 Å². The van der Waals surface area contributed by atoms with Crippen molar-refractivity contribution in [2.75, 3.05) is 29.4 Å². The molecule has 0 unspecified atom stereocenters. The van der Waals surface area contributed by atoms with Crippen LogP contribution in [-0.2, 0) is 16.1 Å². The maximum Gasteiger partial charge on any atom is 0.228 e. The molecule has 7 nitrogen and oxygen atoms in total. The molecule has 2 aliphatic heterocycles. The summed E-state index contributed by atoms with van der Waals surface area (Å²) in [4.78, 5) is 28.4. The lowest BCUT2D eigenvalue weighted by Crippen LogP contribution is -2.43. The molecule has 0 radical (unpaired) electrons. The molecule has 3 heterocycles. The highest BCUT2D eigenvalue weighted by Gasteiger charge is 2.30. The van der Waals surface area contributed by atoms with Crippen molar-refractivity contribution >= 4 is 49.3 Å². The monoisotopic (exact) mass is 463 g/mol. The Morgan fingerprint density at radius 2 is 2.04 bits per heavy atom.